The van der Waals surface area contributed by atoms with E-state index in [-0.39, 0.29) is 6.04 Å². The van der Waals surface area contributed by atoms with E-state index in [4.69, 9.17) is 11.6 Å². The molecule has 1 atom stereocenters. The molecule has 0 saturated carbocycles. The summed E-state index contributed by atoms with van der Waals surface area (Å²) in [6.07, 6.45) is 0.549. The summed E-state index contributed by atoms with van der Waals surface area (Å²) >= 11 is 5.95. The molecule has 2 aromatic carbocycles. The van der Waals surface area contributed by atoms with Crippen molar-refractivity contribution in [3.05, 3.63) is 60.2 Å². The maximum Gasteiger partial charge on any atom is 0.326 e. The van der Waals surface area contributed by atoms with Crippen LogP contribution in [-0.4, -0.2) is 21.3 Å². The number of fused-ring (bicyclic) bond motifs is 1. The third-order valence-electron chi connectivity index (χ3n) is 3.90. The van der Waals surface area contributed by atoms with E-state index in [2.05, 4.69) is 0 Å². The van der Waals surface area contributed by atoms with Crippen LogP contribution in [0.5, 0.6) is 0 Å². The first-order chi connectivity index (χ1) is 10.6. The van der Waals surface area contributed by atoms with E-state index in [0.29, 0.717) is 23.7 Å². The highest BCUT2D eigenvalue weighted by molar-refractivity contribution is 7.94. The van der Waals surface area contributed by atoms with Crippen molar-refractivity contribution in [2.24, 2.45) is 0 Å². The summed E-state index contributed by atoms with van der Waals surface area (Å²) in [4.78, 5) is 0. The third-order valence-corrected chi connectivity index (χ3v) is 5.96. The summed E-state index contributed by atoms with van der Waals surface area (Å²) < 4.78 is 28.5. The van der Waals surface area contributed by atoms with Crippen LogP contribution in [0.1, 0.15) is 18.0 Å². The normalized spacial score (nSPS) is 17.4. The largest absolute Gasteiger partial charge is 0.326 e. The molecule has 4 nitrogen and oxygen atoms in total. The number of rotatable bonds is 4. The van der Waals surface area contributed by atoms with Crippen molar-refractivity contribution in [2.45, 2.75) is 12.5 Å². The molecule has 22 heavy (non-hydrogen) atoms. The first-order valence-corrected chi connectivity index (χ1v) is 8.98. The fourth-order valence-corrected chi connectivity index (χ4v) is 4.65. The highest BCUT2D eigenvalue weighted by Crippen LogP contribution is 2.45. The summed E-state index contributed by atoms with van der Waals surface area (Å²) in [5, 5.41) is 0. The molecule has 0 aliphatic carbocycles. The van der Waals surface area contributed by atoms with Gasteiger partial charge in [-0.1, -0.05) is 42.5 Å². The second-order valence-electron chi connectivity index (χ2n) is 5.16. The molecule has 1 aliphatic heterocycles. The standard InChI is InChI=1S/C16H17ClN2O2S/c1-18-15-9-5-6-10-16(15)19(22(18,20)21)14(11-12-17)13-7-3-2-4-8-13/h2-10,14H,11-12H2,1H3/t14-/m0/s1. The van der Waals surface area contributed by atoms with Crippen LogP contribution in [0.2, 0.25) is 0 Å². The molecule has 6 heteroatoms. The Morgan fingerprint density at radius 1 is 1.00 bits per heavy atom. The molecule has 0 aromatic heterocycles. The van der Waals surface area contributed by atoms with Crippen LogP contribution in [0.25, 0.3) is 0 Å². The van der Waals surface area contributed by atoms with Crippen LogP contribution in [0.4, 0.5) is 11.4 Å². The van der Waals surface area contributed by atoms with Gasteiger partial charge in [-0.05, 0) is 24.1 Å². The average Bonchev–Trinajstić information content (AvgIpc) is 2.74. The molecule has 0 amide bonds. The Kier molecular flexibility index (Phi) is 4.02. The highest BCUT2D eigenvalue weighted by atomic mass is 35.5. The third kappa shape index (κ3) is 2.34. The molecule has 0 fully saturated rings. The average molecular weight is 337 g/mol. The molecular formula is C16H17ClN2O2S. The predicted molar refractivity (Wildman–Crippen MR) is 90.8 cm³/mol. The molecule has 0 saturated heterocycles. The number of nitrogens with zero attached hydrogens (tertiary/aromatic N) is 2. The molecule has 2 aromatic rings. The first-order valence-electron chi connectivity index (χ1n) is 7.05. The van der Waals surface area contributed by atoms with Gasteiger partial charge in [-0.2, -0.15) is 8.42 Å². The van der Waals surface area contributed by atoms with Crippen molar-refractivity contribution < 1.29 is 8.42 Å². The lowest BCUT2D eigenvalue weighted by Crippen LogP contribution is -2.38. The van der Waals surface area contributed by atoms with Gasteiger partial charge in [0.2, 0.25) is 0 Å². The van der Waals surface area contributed by atoms with E-state index < -0.39 is 10.2 Å². The summed E-state index contributed by atoms with van der Waals surface area (Å²) in [6.45, 7) is 0. The minimum absolute atomic E-state index is 0.310. The van der Waals surface area contributed by atoms with E-state index in [1.807, 2.05) is 54.6 Å². The lowest BCUT2D eigenvalue weighted by molar-refractivity contribution is 0.577. The zero-order valence-corrected chi connectivity index (χ0v) is 13.8. The fraction of sp³-hybridized carbons (Fsp3) is 0.250. The van der Waals surface area contributed by atoms with Crippen molar-refractivity contribution in [1.82, 2.24) is 0 Å². The molecule has 3 rings (SSSR count). The van der Waals surface area contributed by atoms with Crippen LogP contribution in [0.15, 0.2) is 54.6 Å². The highest BCUT2D eigenvalue weighted by Gasteiger charge is 2.42. The van der Waals surface area contributed by atoms with Crippen LogP contribution >= 0.6 is 11.6 Å². The lowest BCUT2D eigenvalue weighted by Gasteiger charge is -2.29. The van der Waals surface area contributed by atoms with Crippen LogP contribution < -0.4 is 8.61 Å². The summed E-state index contributed by atoms with van der Waals surface area (Å²) in [5.74, 6) is 0.386. The predicted octanol–water partition coefficient (Wildman–Crippen LogP) is 3.56. The Bertz CT molecular complexity index is 765. The molecule has 0 unspecified atom stereocenters. The van der Waals surface area contributed by atoms with E-state index in [1.54, 1.807) is 7.05 Å². The smallest absolute Gasteiger partial charge is 0.254 e. The Labute approximate surface area is 136 Å². The molecule has 0 radical (unpaired) electrons. The first kappa shape index (κ1) is 15.2. The van der Waals surface area contributed by atoms with Gasteiger partial charge in [-0.25, -0.2) is 4.31 Å². The van der Waals surface area contributed by atoms with Crippen LogP contribution in [-0.2, 0) is 10.2 Å². The van der Waals surface area contributed by atoms with Gasteiger partial charge in [0.25, 0.3) is 0 Å². The van der Waals surface area contributed by atoms with Crippen molar-refractivity contribution in [3.8, 4) is 0 Å². The van der Waals surface area contributed by atoms with Gasteiger partial charge in [-0.3, -0.25) is 4.31 Å². The number of benzene rings is 2. The minimum atomic E-state index is -3.59. The number of alkyl halides is 1. The molecular weight excluding hydrogens is 320 g/mol. The summed E-state index contributed by atoms with van der Waals surface area (Å²) in [6, 6.07) is 16.6. The molecule has 1 heterocycles. The number of hydrogen-bond donors (Lipinski definition) is 0. The number of hydrogen-bond acceptors (Lipinski definition) is 2. The van der Waals surface area contributed by atoms with Gasteiger partial charge in [0, 0.05) is 12.9 Å². The Morgan fingerprint density at radius 3 is 2.23 bits per heavy atom. The van der Waals surface area contributed by atoms with Crippen molar-refractivity contribution >= 4 is 33.2 Å². The molecule has 0 bridgehead atoms. The Balaban J connectivity index is 2.15. The number of halogens is 1. The van der Waals surface area contributed by atoms with Crippen LogP contribution in [0.3, 0.4) is 0 Å². The zero-order valence-electron chi connectivity index (χ0n) is 12.2. The van der Waals surface area contributed by atoms with Gasteiger partial charge in [0.05, 0.1) is 17.4 Å². The molecule has 116 valence electrons. The van der Waals surface area contributed by atoms with E-state index in [9.17, 15) is 8.42 Å². The number of para-hydroxylation sites is 2. The zero-order chi connectivity index (χ0) is 15.7. The minimum Gasteiger partial charge on any atom is -0.254 e. The lowest BCUT2D eigenvalue weighted by atomic mass is 10.0. The maximum atomic E-state index is 12.8. The Morgan fingerprint density at radius 2 is 1.59 bits per heavy atom. The maximum absolute atomic E-state index is 12.8. The monoisotopic (exact) mass is 336 g/mol. The molecule has 1 aliphatic rings. The molecule has 0 spiro atoms. The van der Waals surface area contributed by atoms with Crippen molar-refractivity contribution in [2.75, 3.05) is 21.5 Å². The van der Waals surface area contributed by atoms with Gasteiger partial charge in [0.1, 0.15) is 0 Å². The second kappa shape index (κ2) is 5.82. The quantitative estimate of drug-likeness (QED) is 0.801. The van der Waals surface area contributed by atoms with Gasteiger partial charge in [0.15, 0.2) is 0 Å². The van der Waals surface area contributed by atoms with Crippen LogP contribution in [0, 0.1) is 0 Å². The second-order valence-corrected chi connectivity index (χ2v) is 7.38. The van der Waals surface area contributed by atoms with E-state index in [1.165, 1.54) is 8.61 Å². The molecule has 0 N–H and O–H groups in total. The van der Waals surface area contributed by atoms with Crippen molar-refractivity contribution in [3.63, 3.8) is 0 Å². The Hall–Kier alpha value is -1.72. The fourth-order valence-electron chi connectivity index (χ4n) is 2.82. The van der Waals surface area contributed by atoms with E-state index in [0.717, 1.165) is 5.56 Å². The number of anilines is 2. The van der Waals surface area contributed by atoms with E-state index >= 15 is 0 Å². The topological polar surface area (TPSA) is 40.6 Å². The van der Waals surface area contributed by atoms with Crippen molar-refractivity contribution in [1.29, 1.82) is 0 Å². The van der Waals surface area contributed by atoms with Gasteiger partial charge in [-0.15, -0.1) is 11.6 Å². The summed E-state index contributed by atoms with van der Waals surface area (Å²) in [7, 11) is -2.01. The SMILES string of the molecule is CN1c2ccccc2N([C@@H](CCCl)c2ccccc2)S1(=O)=O. The summed E-state index contributed by atoms with van der Waals surface area (Å²) in [5.41, 5.74) is 2.33. The van der Waals surface area contributed by atoms with Gasteiger partial charge < -0.3 is 0 Å². The van der Waals surface area contributed by atoms with Gasteiger partial charge >= 0.3 is 10.2 Å².